The summed E-state index contributed by atoms with van der Waals surface area (Å²) in [4.78, 5) is 47.9. The van der Waals surface area contributed by atoms with E-state index in [9.17, 15) is 19.2 Å². The molecule has 2 fully saturated rings. The zero-order valence-corrected chi connectivity index (χ0v) is 12.7. The van der Waals surface area contributed by atoms with Gasteiger partial charge in [0.2, 0.25) is 0 Å². The molecule has 5 atom stereocenters. The Morgan fingerprint density at radius 1 is 0.833 bits per heavy atom. The van der Waals surface area contributed by atoms with E-state index in [1.165, 1.54) is 0 Å². The molecule has 0 radical (unpaired) electrons. The van der Waals surface area contributed by atoms with Crippen molar-refractivity contribution in [2.45, 2.75) is 19.3 Å². The molecule has 6 heteroatoms. The zero-order valence-electron chi connectivity index (χ0n) is 12.7. The summed E-state index contributed by atoms with van der Waals surface area (Å²) in [6, 6.07) is 0. The fraction of sp³-hybridized carbons (Fsp3) is 0.444. The maximum absolute atomic E-state index is 12.1. The Balaban J connectivity index is 1.61. The van der Waals surface area contributed by atoms with E-state index in [1.54, 1.807) is 0 Å². The number of hydrogen-bond donors (Lipinski definition) is 0. The second-order valence-corrected chi connectivity index (χ2v) is 7.00. The van der Waals surface area contributed by atoms with Crippen molar-refractivity contribution < 1.29 is 28.7 Å². The van der Waals surface area contributed by atoms with Crippen LogP contribution in [-0.4, -0.2) is 23.9 Å². The van der Waals surface area contributed by atoms with Gasteiger partial charge in [0.05, 0.1) is 23.7 Å². The lowest BCUT2D eigenvalue weighted by molar-refractivity contribution is -0.155. The monoisotopic (exact) mass is 326 g/mol. The molecule has 0 saturated carbocycles. The third kappa shape index (κ3) is 1.66. The number of hydrogen-bond acceptors (Lipinski definition) is 6. The highest BCUT2D eigenvalue weighted by molar-refractivity contribution is 6.00. The van der Waals surface area contributed by atoms with Crippen LogP contribution >= 0.6 is 0 Å². The summed E-state index contributed by atoms with van der Waals surface area (Å²) in [5.41, 5.74) is 2.91. The average Bonchev–Trinajstić information content (AvgIpc) is 3.02. The van der Waals surface area contributed by atoms with Gasteiger partial charge in [-0.2, -0.15) is 0 Å². The van der Waals surface area contributed by atoms with Crippen molar-refractivity contribution in [3.05, 3.63) is 34.9 Å². The Morgan fingerprint density at radius 2 is 1.54 bits per heavy atom. The highest BCUT2D eigenvalue weighted by Crippen LogP contribution is 2.51. The van der Waals surface area contributed by atoms with Crippen LogP contribution in [0.15, 0.2) is 34.9 Å². The van der Waals surface area contributed by atoms with Gasteiger partial charge in [-0.1, -0.05) is 23.8 Å². The maximum Gasteiger partial charge on any atom is 0.321 e. The minimum atomic E-state index is -0.576. The molecule has 2 saturated heterocycles. The fourth-order valence-corrected chi connectivity index (χ4v) is 4.74. The van der Waals surface area contributed by atoms with E-state index in [-0.39, 0.29) is 5.92 Å². The van der Waals surface area contributed by atoms with Gasteiger partial charge in [-0.15, -0.1) is 0 Å². The lowest BCUT2D eigenvalue weighted by atomic mass is 9.64. The first-order valence-electron chi connectivity index (χ1n) is 8.15. The summed E-state index contributed by atoms with van der Waals surface area (Å²) in [6.07, 6.45) is 7.58. The molecule has 5 rings (SSSR count). The SMILES string of the molecule is O=C1OC(=O)C2C3=CC4C(=CCC5C(=O)OC(=O)C45)CC3=CCC12. The number of rotatable bonds is 0. The van der Waals surface area contributed by atoms with E-state index in [4.69, 9.17) is 9.47 Å². The predicted octanol–water partition coefficient (Wildman–Crippen LogP) is 1.22. The van der Waals surface area contributed by atoms with Crippen LogP contribution in [-0.2, 0) is 28.7 Å². The molecule has 6 nitrogen and oxygen atoms in total. The molecule has 5 unspecified atom stereocenters. The van der Waals surface area contributed by atoms with Crippen molar-refractivity contribution in [1.82, 2.24) is 0 Å². The second kappa shape index (κ2) is 4.53. The summed E-state index contributed by atoms with van der Waals surface area (Å²) >= 11 is 0. The van der Waals surface area contributed by atoms with Crippen LogP contribution in [0.1, 0.15) is 19.3 Å². The molecule has 0 aromatic rings. The summed E-state index contributed by atoms with van der Waals surface area (Å²) < 4.78 is 9.62. The van der Waals surface area contributed by atoms with Crippen molar-refractivity contribution in [2.24, 2.45) is 29.6 Å². The Labute approximate surface area is 137 Å². The molecule has 122 valence electrons. The van der Waals surface area contributed by atoms with Crippen molar-refractivity contribution >= 4 is 23.9 Å². The number of allylic oxidation sites excluding steroid dienone is 5. The highest BCUT2D eigenvalue weighted by Gasteiger charge is 2.54. The van der Waals surface area contributed by atoms with Crippen molar-refractivity contribution in [3.8, 4) is 0 Å². The van der Waals surface area contributed by atoms with Crippen LogP contribution in [0.25, 0.3) is 0 Å². The van der Waals surface area contributed by atoms with Gasteiger partial charge in [-0.25, -0.2) is 0 Å². The van der Waals surface area contributed by atoms with E-state index in [0.29, 0.717) is 19.3 Å². The molecule has 0 aromatic carbocycles. The van der Waals surface area contributed by atoms with Crippen LogP contribution in [0, 0.1) is 29.6 Å². The van der Waals surface area contributed by atoms with Crippen LogP contribution in [0.2, 0.25) is 0 Å². The van der Waals surface area contributed by atoms with Gasteiger partial charge >= 0.3 is 23.9 Å². The van der Waals surface area contributed by atoms with Gasteiger partial charge in [0.15, 0.2) is 0 Å². The molecule has 0 aromatic heterocycles. The maximum atomic E-state index is 12.1. The van der Waals surface area contributed by atoms with Gasteiger partial charge in [0.1, 0.15) is 0 Å². The van der Waals surface area contributed by atoms with Crippen LogP contribution in [0.3, 0.4) is 0 Å². The molecular formula is C18H14O6. The Morgan fingerprint density at radius 3 is 2.38 bits per heavy atom. The normalized spacial score (nSPS) is 39.7. The number of ether oxygens (including phenoxy) is 2. The van der Waals surface area contributed by atoms with E-state index in [1.807, 2.05) is 18.2 Å². The summed E-state index contributed by atoms with van der Waals surface area (Å²) in [5, 5.41) is 0. The van der Waals surface area contributed by atoms with E-state index in [0.717, 1.165) is 16.7 Å². The minimum absolute atomic E-state index is 0.239. The number of cyclic esters (lactones) is 4. The summed E-state index contributed by atoms with van der Waals surface area (Å²) in [7, 11) is 0. The van der Waals surface area contributed by atoms with Gasteiger partial charge in [0.25, 0.3) is 0 Å². The molecule has 0 bridgehead atoms. The molecule has 5 aliphatic rings. The lowest BCUT2D eigenvalue weighted by Crippen LogP contribution is -2.34. The quantitative estimate of drug-likeness (QED) is 0.378. The molecular weight excluding hydrogens is 312 g/mol. The van der Waals surface area contributed by atoms with Gasteiger partial charge in [-0.05, 0) is 30.4 Å². The largest absolute Gasteiger partial charge is 0.393 e. The Hall–Kier alpha value is -2.50. The topological polar surface area (TPSA) is 86.7 Å². The van der Waals surface area contributed by atoms with Gasteiger partial charge in [-0.3, -0.25) is 19.2 Å². The summed E-state index contributed by atoms with van der Waals surface area (Å²) in [5.74, 6) is -4.16. The lowest BCUT2D eigenvalue weighted by Gasteiger charge is -2.37. The predicted molar refractivity (Wildman–Crippen MR) is 77.7 cm³/mol. The second-order valence-electron chi connectivity index (χ2n) is 7.00. The van der Waals surface area contributed by atoms with Gasteiger partial charge in [0, 0.05) is 5.92 Å². The minimum Gasteiger partial charge on any atom is -0.393 e. The molecule has 3 aliphatic carbocycles. The van der Waals surface area contributed by atoms with Crippen LogP contribution in [0.5, 0.6) is 0 Å². The molecule has 0 spiro atoms. The standard InChI is InChI=1S/C18H14O6/c19-15-9-3-1-7-5-8-2-4-10-14(18(22)24-16(10)20)12(8)6-11(7)13(9)17(21)23-15/h1-2,6,9-11,13-14H,3-5H2. The zero-order chi connectivity index (χ0) is 16.6. The number of carbonyl (C=O) groups excluding carboxylic acids is 4. The molecule has 24 heavy (non-hydrogen) atoms. The molecule has 0 N–H and O–H groups in total. The Bertz CT molecular complexity index is 813. The third-order valence-corrected chi connectivity index (χ3v) is 5.90. The summed E-state index contributed by atoms with van der Waals surface area (Å²) in [6.45, 7) is 0. The molecule has 2 heterocycles. The molecule has 2 aliphatic heterocycles. The van der Waals surface area contributed by atoms with Crippen molar-refractivity contribution in [3.63, 3.8) is 0 Å². The van der Waals surface area contributed by atoms with E-state index >= 15 is 0 Å². The van der Waals surface area contributed by atoms with Crippen molar-refractivity contribution in [2.75, 3.05) is 0 Å². The van der Waals surface area contributed by atoms with Crippen LogP contribution < -0.4 is 0 Å². The van der Waals surface area contributed by atoms with Crippen LogP contribution in [0.4, 0.5) is 0 Å². The van der Waals surface area contributed by atoms with Crippen molar-refractivity contribution in [1.29, 1.82) is 0 Å². The first-order chi connectivity index (χ1) is 11.5. The highest BCUT2D eigenvalue weighted by atomic mass is 16.6. The first-order valence-corrected chi connectivity index (χ1v) is 8.15. The molecule has 0 amide bonds. The number of esters is 4. The fourth-order valence-electron chi connectivity index (χ4n) is 4.74. The smallest absolute Gasteiger partial charge is 0.321 e. The van der Waals surface area contributed by atoms with E-state index < -0.39 is 47.5 Å². The number of fused-ring (bicyclic) bond motifs is 6. The van der Waals surface area contributed by atoms with E-state index in [2.05, 4.69) is 0 Å². The first kappa shape index (κ1) is 13.9. The third-order valence-electron chi connectivity index (χ3n) is 5.90. The number of carbonyl (C=O) groups is 4. The average molecular weight is 326 g/mol. The Kier molecular flexibility index (Phi) is 2.62. The van der Waals surface area contributed by atoms with Gasteiger partial charge < -0.3 is 9.47 Å².